The second-order valence-electron chi connectivity index (χ2n) is 11.7. The predicted octanol–water partition coefficient (Wildman–Crippen LogP) is 6.39. The van der Waals surface area contributed by atoms with Gasteiger partial charge in [-0.15, -0.1) is 0 Å². The molecular formula is C36H38Cl2N6O3. The number of methoxy groups -OCH3 is 2. The third-order valence-electron chi connectivity index (χ3n) is 8.51. The van der Waals surface area contributed by atoms with Crippen molar-refractivity contribution in [2.24, 2.45) is 7.05 Å². The van der Waals surface area contributed by atoms with Crippen LogP contribution in [0.3, 0.4) is 0 Å². The number of hydrogen-bond donors (Lipinski definition) is 3. The van der Waals surface area contributed by atoms with Crippen molar-refractivity contribution in [2.45, 2.75) is 32.0 Å². The van der Waals surface area contributed by atoms with E-state index < -0.39 is 0 Å². The minimum atomic E-state index is 0.111. The van der Waals surface area contributed by atoms with E-state index in [2.05, 4.69) is 33.2 Å². The zero-order valence-corrected chi connectivity index (χ0v) is 28.2. The van der Waals surface area contributed by atoms with Crippen LogP contribution in [0, 0.1) is 0 Å². The number of fused-ring (bicyclic) bond motifs is 1. The van der Waals surface area contributed by atoms with Crippen molar-refractivity contribution >= 4 is 40.1 Å². The van der Waals surface area contributed by atoms with Gasteiger partial charge in [-0.2, -0.15) is 0 Å². The molecule has 1 aliphatic heterocycles. The van der Waals surface area contributed by atoms with Crippen molar-refractivity contribution in [3.8, 4) is 39.4 Å². The van der Waals surface area contributed by atoms with Crippen molar-refractivity contribution in [1.82, 2.24) is 30.5 Å². The molecule has 1 atom stereocenters. The van der Waals surface area contributed by atoms with E-state index in [4.69, 9.17) is 37.7 Å². The Hall–Kier alpha value is -3.99. The van der Waals surface area contributed by atoms with Crippen molar-refractivity contribution in [1.29, 1.82) is 0 Å². The van der Waals surface area contributed by atoms with Crippen LogP contribution in [-0.4, -0.2) is 60.4 Å². The Kier molecular flexibility index (Phi) is 10.4. The number of amides is 1. The number of aromatic nitrogens is 3. The molecule has 1 aliphatic rings. The number of pyridine rings is 2. The first-order valence-electron chi connectivity index (χ1n) is 15.6. The summed E-state index contributed by atoms with van der Waals surface area (Å²) in [6.07, 6.45) is 5.28. The molecule has 47 heavy (non-hydrogen) atoms. The van der Waals surface area contributed by atoms with Gasteiger partial charge in [-0.25, -0.2) is 4.98 Å². The number of aryl methyl sites for hydroxylation is 1. The summed E-state index contributed by atoms with van der Waals surface area (Å²) in [4.78, 5) is 21.2. The maximum atomic E-state index is 11.5. The molecule has 1 fully saturated rings. The molecule has 11 heteroatoms. The Bertz CT molecular complexity index is 1910. The monoisotopic (exact) mass is 672 g/mol. The van der Waals surface area contributed by atoms with E-state index in [0.717, 1.165) is 69.8 Å². The second-order valence-corrected chi connectivity index (χ2v) is 12.4. The van der Waals surface area contributed by atoms with Crippen LogP contribution in [0.15, 0.2) is 67.0 Å². The summed E-state index contributed by atoms with van der Waals surface area (Å²) < 4.78 is 12.9. The molecule has 0 unspecified atom stereocenters. The van der Waals surface area contributed by atoms with Gasteiger partial charge in [0, 0.05) is 98.4 Å². The number of nitrogens with one attached hydrogen (secondary N) is 3. The summed E-state index contributed by atoms with van der Waals surface area (Å²) in [7, 11) is 5.35. The van der Waals surface area contributed by atoms with Gasteiger partial charge in [-0.05, 0) is 36.2 Å². The average Bonchev–Trinajstić information content (AvgIpc) is 3.64. The molecule has 1 amide bonds. The number of hydrogen-bond acceptors (Lipinski definition) is 7. The van der Waals surface area contributed by atoms with Gasteiger partial charge < -0.3 is 30.0 Å². The SMILES string of the molecule is COCCNCc1cn(C)c2nc(-c3cccc(-c4ccnc(-c5ccc(CNC[C@H]6CCC(=O)N6)c(OC)c5)c4Cl)c3Cl)ccc12. The molecule has 0 aliphatic carbocycles. The highest BCUT2D eigenvalue weighted by atomic mass is 35.5. The number of carbonyl (C=O) groups excluding carboxylic acids is 1. The van der Waals surface area contributed by atoms with Crippen molar-refractivity contribution in [3.63, 3.8) is 0 Å². The lowest BCUT2D eigenvalue weighted by Gasteiger charge is -2.16. The van der Waals surface area contributed by atoms with Crippen LogP contribution in [0.2, 0.25) is 10.0 Å². The predicted molar refractivity (Wildman–Crippen MR) is 188 cm³/mol. The van der Waals surface area contributed by atoms with E-state index in [1.165, 1.54) is 5.56 Å². The van der Waals surface area contributed by atoms with E-state index >= 15 is 0 Å². The average molecular weight is 674 g/mol. The minimum absolute atomic E-state index is 0.111. The van der Waals surface area contributed by atoms with E-state index in [0.29, 0.717) is 41.9 Å². The lowest BCUT2D eigenvalue weighted by Crippen LogP contribution is -2.35. The molecule has 0 radical (unpaired) electrons. The lowest BCUT2D eigenvalue weighted by atomic mass is 9.99. The summed E-state index contributed by atoms with van der Waals surface area (Å²) in [5.74, 6) is 0.838. The van der Waals surface area contributed by atoms with Gasteiger partial charge in [0.05, 0.1) is 35.1 Å². The van der Waals surface area contributed by atoms with E-state index in [9.17, 15) is 4.79 Å². The topological polar surface area (TPSA) is 102 Å². The fourth-order valence-electron chi connectivity index (χ4n) is 6.06. The second kappa shape index (κ2) is 14.8. The first-order valence-corrected chi connectivity index (χ1v) is 16.4. The number of carbonyl (C=O) groups is 1. The smallest absolute Gasteiger partial charge is 0.220 e. The van der Waals surface area contributed by atoms with Crippen molar-refractivity contribution < 1.29 is 14.3 Å². The van der Waals surface area contributed by atoms with Crippen molar-refractivity contribution in [2.75, 3.05) is 33.9 Å². The van der Waals surface area contributed by atoms with Gasteiger partial charge in [-0.3, -0.25) is 9.78 Å². The maximum absolute atomic E-state index is 11.5. The molecule has 244 valence electrons. The first-order chi connectivity index (χ1) is 22.9. The van der Waals surface area contributed by atoms with Gasteiger partial charge in [0.1, 0.15) is 11.4 Å². The van der Waals surface area contributed by atoms with Crippen LogP contribution >= 0.6 is 23.2 Å². The quantitative estimate of drug-likeness (QED) is 0.125. The summed E-state index contributed by atoms with van der Waals surface area (Å²) in [5.41, 5.74) is 7.68. The Morgan fingerprint density at radius 3 is 2.57 bits per heavy atom. The van der Waals surface area contributed by atoms with Gasteiger partial charge in [-0.1, -0.05) is 53.5 Å². The maximum Gasteiger partial charge on any atom is 0.220 e. The fraction of sp³-hybridized carbons (Fsp3) is 0.306. The first kappa shape index (κ1) is 32.9. The highest BCUT2D eigenvalue weighted by Gasteiger charge is 2.21. The van der Waals surface area contributed by atoms with Crippen molar-refractivity contribution in [3.05, 3.63) is 88.2 Å². The molecule has 4 heterocycles. The molecule has 0 spiro atoms. The molecule has 3 N–H and O–H groups in total. The van der Waals surface area contributed by atoms with Gasteiger partial charge in [0.15, 0.2) is 0 Å². The molecule has 3 aromatic heterocycles. The molecule has 6 rings (SSSR count). The Labute approximate surface area is 284 Å². The van der Waals surface area contributed by atoms with Gasteiger partial charge in [0.2, 0.25) is 5.91 Å². The summed E-state index contributed by atoms with van der Waals surface area (Å²) in [5, 5.41) is 12.0. The van der Waals surface area contributed by atoms with Crippen LogP contribution in [0.25, 0.3) is 44.7 Å². The Balaban J connectivity index is 1.25. The van der Waals surface area contributed by atoms with Gasteiger partial charge >= 0.3 is 0 Å². The van der Waals surface area contributed by atoms with Crippen LogP contribution in [0.1, 0.15) is 24.0 Å². The standard InChI is InChI=1S/C36H38Cl2N6O3/c1-44-21-24(19-39-15-16-46-2)26-10-11-30(43-36(26)44)29-6-4-5-27(33(29)37)28-13-14-41-35(34(28)38)22-7-8-23(31(17-22)47-3)18-40-20-25-9-12-32(45)42-25/h4-8,10-11,13-14,17,21,25,39-40H,9,12,15-16,18-20H2,1-3H3,(H,42,45)/t25-/m1/s1. The number of benzene rings is 2. The molecule has 2 aromatic carbocycles. The van der Waals surface area contributed by atoms with E-state index in [1.807, 2.05) is 60.1 Å². The highest BCUT2D eigenvalue weighted by molar-refractivity contribution is 6.39. The number of nitrogens with zero attached hydrogens (tertiary/aromatic N) is 3. The lowest BCUT2D eigenvalue weighted by molar-refractivity contribution is -0.119. The third kappa shape index (κ3) is 7.15. The molecule has 9 nitrogen and oxygen atoms in total. The zero-order valence-electron chi connectivity index (χ0n) is 26.7. The molecular weight excluding hydrogens is 635 g/mol. The Morgan fingerprint density at radius 2 is 1.79 bits per heavy atom. The van der Waals surface area contributed by atoms with Crippen LogP contribution in [-0.2, 0) is 29.7 Å². The molecule has 0 saturated carbocycles. The number of rotatable bonds is 13. The summed E-state index contributed by atoms with van der Waals surface area (Å²) in [6, 6.07) is 18.0. The van der Waals surface area contributed by atoms with Gasteiger partial charge in [0.25, 0.3) is 0 Å². The molecule has 5 aromatic rings. The van der Waals surface area contributed by atoms with Crippen LogP contribution in [0.4, 0.5) is 0 Å². The Morgan fingerprint density at radius 1 is 0.979 bits per heavy atom. The van der Waals surface area contributed by atoms with E-state index in [-0.39, 0.29) is 11.9 Å². The number of ether oxygens (including phenoxy) is 2. The summed E-state index contributed by atoms with van der Waals surface area (Å²) in [6.45, 7) is 3.48. The highest BCUT2D eigenvalue weighted by Crippen LogP contribution is 2.42. The normalized spacial score (nSPS) is 14.6. The molecule has 1 saturated heterocycles. The van der Waals surface area contributed by atoms with E-state index in [1.54, 1.807) is 20.4 Å². The van der Waals surface area contributed by atoms with Crippen LogP contribution < -0.4 is 20.7 Å². The minimum Gasteiger partial charge on any atom is -0.496 e. The third-order valence-corrected chi connectivity index (χ3v) is 9.30. The fourth-order valence-corrected chi connectivity index (χ4v) is 6.71. The zero-order chi connectivity index (χ0) is 32.9. The van der Waals surface area contributed by atoms with Crippen LogP contribution in [0.5, 0.6) is 5.75 Å². The summed E-state index contributed by atoms with van der Waals surface area (Å²) >= 11 is 14.2. The molecule has 0 bridgehead atoms. The number of halogens is 2. The largest absolute Gasteiger partial charge is 0.496 e.